The summed E-state index contributed by atoms with van der Waals surface area (Å²) in [7, 11) is 0. The fourth-order valence-electron chi connectivity index (χ4n) is 12.9. The normalized spacial score (nSPS) is 49.1. The zero-order chi connectivity index (χ0) is 73.1. The summed E-state index contributed by atoms with van der Waals surface area (Å²) in [6, 6.07) is -6.96. The van der Waals surface area contributed by atoms with E-state index >= 15 is 0 Å². The molecule has 0 bridgehead atoms. The summed E-state index contributed by atoms with van der Waals surface area (Å²) in [5.74, 6) is -3.35. The molecule has 43 nitrogen and oxygen atoms in total. The second kappa shape index (κ2) is 35.0. The Hall–Kier alpha value is -3.52. The van der Waals surface area contributed by atoms with E-state index < -0.39 is 309 Å². The van der Waals surface area contributed by atoms with Gasteiger partial charge in [0.15, 0.2) is 50.3 Å². The highest BCUT2D eigenvalue weighted by Gasteiger charge is 2.60. The van der Waals surface area contributed by atoms with E-state index in [0.29, 0.717) is 0 Å². The molecular formula is C56H94N4O39. The fourth-order valence-corrected chi connectivity index (χ4v) is 12.9. The molecule has 0 saturated carbocycles. The number of hydrogen-bond acceptors (Lipinski definition) is 39. The SMILES string of the molecule is CC(=O)N[C@@H]1[C@@H](O[C@@H]2O[C@H](CO)[C@H](O[C@H]3O[C@H](CO)[C@@H](O)[C@H](O)[C@H]3NC(C)=O)[C@H](O)[C@H]2O[C@@H]2O[C@@H](C)[C@@H](O)[C@@H](O)[C@@H]2O)[C@@H](O)[C@@H](CO[C@@H]2O[C@H](CO)[C@@H](O[C@@H]3O[C@H](CO)[C@H](O[C@H]4O[C@H](CO)[C@@H](O)[C@H](O)[C@H]4NC(C)=O)[C@H](O)[C@H]3O[C@@H]3O[C@@H](C)[C@@H](O)[C@@H](O)[C@@H]3O)[C@H](O)[C@H]2NC(C)=O)O[C@@H]1O. The molecule has 8 saturated heterocycles. The molecule has 8 aliphatic rings. The molecule has 572 valence electrons. The molecule has 40 atom stereocenters. The first-order valence-corrected chi connectivity index (χ1v) is 31.8. The maximum atomic E-state index is 13.0. The molecule has 24 N–H and O–H groups in total. The minimum Gasteiger partial charge on any atom is -0.394 e. The van der Waals surface area contributed by atoms with Gasteiger partial charge in [0.1, 0.15) is 183 Å². The highest BCUT2D eigenvalue weighted by atomic mass is 16.8. The van der Waals surface area contributed by atoms with Gasteiger partial charge in [0, 0.05) is 27.7 Å². The number of carbonyl (C=O) groups excluding carboxylic acids is 4. The minimum absolute atomic E-state index is 0.783. The zero-order valence-electron chi connectivity index (χ0n) is 54.0. The standard InChI is InChI=1S/C56H94N4O39/c1-13-29(70)37(78)39(80)53(86-13)98-47-41(82)44(94-51-25(57-15(3)66)34(75)31(72)19(7-61)89-51)22(10-64)92-55(47)96-43-21(9-63)91-50(27(36(43)77)59-17(5)68)85-12-24-33(74)46(28(49(84)88-24)60-18(6)69)97-56-48(99-54-40(81)38(79)30(71)14(2)87-54)42(83)45(23(11-65)93-56)95-52-26(58-16(4)67)35(76)32(73)20(8-62)90-52/h13-14,19-56,61-65,70-84H,7-12H2,1-6H3,(H,57,66)(H,58,67)(H,59,68)(H,60,69)/t13-,14-,19+,20+,21+,22+,23+,24+,25+,26+,27+,28+,29+,30+,31+,32+,33-,34+,35+,36+,37+,38+,39-,40-,41-,42-,43+,44-,45-,46+,47+,48+,49-,50+,51+,52+,53-,54-,55-,56-/m0/s1. The predicted molar refractivity (Wildman–Crippen MR) is 308 cm³/mol. The first-order valence-electron chi connectivity index (χ1n) is 31.8. The molecule has 8 aliphatic heterocycles. The number of nitrogens with one attached hydrogen (secondary N) is 4. The Morgan fingerprint density at radius 2 is 0.596 bits per heavy atom. The molecule has 0 radical (unpaired) electrons. The second-order valence-corrected chi connectivity index (χ2v) is 25.3. The molecule has 8 rings (SSSR count). The molecule has 8 heterocycles. The molecule has 4 amide bonds. The number of aliphatic hydroxyl groups is 20. The van der Waals surface area contributed by atoms with E-state index in [0.717, 1.165) is 27.7 Å². The van der Waals surface area contributed by atoms with Crippen molar-refractivity contribution in [2.24, 2.45) is 0 Å². The van der Waals surface area contributed by atoms with E-state index in [2.05, 4.69) is 21.3 Å². The van der Waals surface area contributed by atoms with Crippen molar-refractivity contribution >= 4 is 23.6 Å². The first-order chi connectivity index (χ1) is 46.7. The Balaban J connectivity index is 1.06. The molecule has 0 spiro atoms. The average molecular weight is 1450 g/mol. The van der Waals surface area contributed by atoms with Gasteiger partial charge in [-0.25, -0.2) is 0 Å². The van der Waals surface area contributed by atoms with Gasteiger partial charge in [0.2, 0.25) is 23.6 Å². The lowest BCUT2D eigenvalue weighted by Crippen LogP contribution is -2.70. The summed E-state index contributed by atoms with van der Waals surface area (Å²) in [4.78, 5) is 50.4. The van der Waals surface area contributed by atoms with Crippen LogP contribution in [0.3, 0.4) is 0 Å². The van der Waals surface area contributed by atoms with Crippen molar-refractivity contribution in [2.45, 2.75) is 287 Å². The van der Waals surface area contributed by atoms with Gasteiger partial charge in [0.05, 0.1) is 51.8 Å². The quantitative estimate of drug-likeness (QED) is 0.0427. The monoisotopic (exact) mass is 1450 g/mol. The molecule has 0 aromatic heterocycles. The highest BCUT2D eigenvalue weighted by molar-refractivity contribution is 5.74. The van der Waals surface area contributed by atoms with Gasteiger partial charge in [-0.15, -0.1) is 0 Å². The van der Waals surface area contributed by atoms with Crippen molar-refractivity contribution in [1.29, 1.82) is 0 Å². The third kappa shape index (κ3) is 18.1. The van der Waals surface area contributed by atoms with E-state index in [1.165, 1.54) is 13.8 Å². The van der Waals surface area contributed by atoms with Gasteiger partial charge in [-0.2, -0.15) is 0 Å². The minimum atomic E-state index is -2.25. The average Bonchev–Trinajstić information content (AvgIpc) is 0.769. The third-order valence-corrected chi connectivity index (χ3v) is 18.2. The topological polar surface area (TPSA) is 659 Å². The Kier molecular flexibility index (Phi) is 28.7. The summed E-state index contributed by atoms with van der Waals surface area (Å²) >= 11 is 0. The summed E-state index contributed by atoms with van der Waals surface area (Å²) < 4.78 is 89.3. The summed E-state index contributed by atoms with van der Waals surface area (Å²) in [5, 5.41) is 231. The molecule has 0 aromatic rings. The van der Waals surface area contributed by atoms with E-state index in [4.69, 9.17) is 71.1 Å². The summed E-state index contributed by atoms with van der Waals surface area (Å²) in [5.41, 5.74) is 0. The van der Waals surface area contributed by atoms with Crippen molar-refractivity contribution < 1.29 is 192 Å². The van der Waals surface area contributed by atoms with Crippen LogP contribution in [0.5, 0.6) is 0 Å². The Morgan fingerprint density at radius 1 is 0.283 bits per heavy atom. The van der Waals surface area contributed by atoms with Crippen molar-refractivity contribution in [3.05, 3.63) is 0 Å². The van der Waals surface area contributed by atoms with Crippen LogP contribution in [0.25, 0.3) is 0 Å². The Bertz CT molecular complexity index is 2600. The summed E-state index contributed by atoms with van der Waals surface area (Å²) in [6.07, 6.45) is -69.2. The van der Waals surface area contributed by atoms with Gasteiger partial charge < -0.3 is 194 Å². The first kappa shape index (κ1) is 81.2. The van der Waals surface area contributed by atoms with Gasteiger partial charge >= 0.3 is 0 Å². The van der Waals surface area contributed by atoms with Crippen molar-refractivity contribution in [2.75, 3.05) is 39.6 Å². The maximum Gasteiger partial charge on any atom is 0.217 e. The van der Waals surface area contributed by atoms with E-state index in [1.54, 1.807) is 0 Å². The molecule has 0 aromatic carbocycles. The van der Waals surface area contributed by atoms with E-state index in [9.17, 15) is 121 Å². The lowest BCUT2D eigenvalue weighted by molar-refractivity contribution is -0.397. The number of amides is 4. The van der Waals surface area contributed by atoms with Gasteiger partial charge in [-0.05, 0) is 13.8 Å². The van der Waals surface area contributed by atoms with Crippen LogP contribution in [0.2, 0.25) is 0 Å². The smallest absolute Gasteiger partial charge is 0.217 e. The summed E-state index contributed by atoms with van der Waals surface area (Å²) in [6.45, 7) is 0.449. The lowest BCUT2D eigenvalue weighted by Gasteiger charge is -2.51. The number of aliphatic hydroxyl groups excluding tert-OH is 20. The highest BCUT2D eigenvalue weighted by Crippen LogP contribution is 2.39. The Labute approximate surface area is 562 Å². The van der Waals surface area contributed by atoms with Crippen LogP contribution in [0, 0.1) is 0 Å². The number of rotatable bonds is 24. The number of carbonyl (C=O) groups is 4. The van der Waals surface area contributed by atoms with Crippen LogP contribution in [0.15, 0.2) is 0 Å². The van der Waals surface area contributed by atoms with E-state index in [-0.39, 0.29) is 0 Å². The molecular weight excluding hydrogens is 1350 g/mol. The van der Waals surface area contributed by atoms with Crippen LogP contribution >= 0.6 is 0 Å². The zero-order valence-corrected chi connectivity index (χ0v) is 54.0. The molecule has 99 heavy (non-hydrogen) atoms. The van der Waals surface area contributed by atoms with Crippen molar-refractivity contribution in [3.8, 4) is 0 Å². The lowest BCUT2D eigenvalue weighted by atomic mass is 9.94. The molecule has 8 fully saturated rings. The predicted octanol–water partition coefficient (Wildman–Crippen LogP) is -15.8. The van der Waals surface area contributed by atoms with Gasteiger partial charge in [0.25, 0.3) is 0 Å². The fraction of sp³-hybridized carbons (Fsp3) is 0.929. The van der Waals surface area contributed by atoms with Crippen molar-refractivity contribution in [1.82, 2.24) is 21.3 Å². The third-order valence-electron chi connectivity index (χ3n) is 18.2. The van der Waals surface area contributed by atoms with Gasteiger partial charge in [-0.3, -0.25) is 19.2 Å². The maximum absolute atomic E-state index is 13.0. The molecule has 43 heteroatoms. The number of hydrogen-bond donors (Lipinski definition) is 24. The largest absolute Gasteiger partial charge is 0.394 e. The van der Waals surface area contributed by atoms with Crippen LogP contribution in [-0.4, -0.2) is 411 Å². The van der Waals surface area contributed by atoms with Gasteiger partial charge in [-0.1, -0.05) is 0 Å². The number of ether oxygens (including phenoxy) is 15. The van der Waals surface area contributed by atoms with Crippen LogP contribution in [0.4, 0.5) is 0 Å². The van der Waals surface area contributed by atoms with E-state index in [1.807, 2.05) is 0 Å². The second-order valence-electron chi connectivity index (χ2n) is 25.3. The van der Waals surface area contributed by atoms with Crippen molar-refractivity contribution in [3.63, 3.8) is 0 Å². The Morgan fingerprint density at radius 3 is 0.970 bits per heavy atom. The molecule has 0 unspecified atom stereocenters. The van der Waals surface area contributed by atoms with Crippen LogP contribution in [0.1, 0.15) is 41.5 Å². The van der Waals surface area contributed by atoms with Crippen LogP contribution < -0.4 is 21.3 Å². The van der Waals surface area contributed by atoms with Crippen LogP contribution in [-0.2, 0) is 90.2 Å². The molecule has 0 aliphatic carbocycles.